The summed E-state index contributed by atoms with van der Waals surface area (Å²) >= 11 is 1.87. The number of hydrogen-bond donors (Lipinski definition) is 0. The molecule has 0 N–H and O–H groups in total. The molecule has 0 unspecified atom stereocenters. The third-order valence-corrected chi connectivity index (χ3v) is 13.7. The summed E-state index contributed by atoms with van der Waals surface area (Å²) < 4.78 is 15.6. The molecule has 3 nitrogen and oxygen atoms in total. The van der Waals surface area contributed by atoms with Crippen molar-refractivity contribution >= 4 is 103 Å². The fourth-order valence-corrected chi connectivity index (χ4v) is 10.7. The highest BCUT2D eigenvalue weighted by molar-refractivity contribution is 7.26. The van der Waals surface area contributed by atoms with Crippen molar-refractivity contribution in [3.63, 3.8) is 0 Å². The van der Waals surface area contributed by atoms with Gasteiger partial charge in [-0.05, 0) is 99.8 Å². The topological polar surface area (TPSA) is 29.5 Å². The molecular formula is C58H35NO2S. The third kappa shape index (κ3) is 5.51. The molecule has 0 aliphatic heterocycles. The highest BCUT2D eigenvalue weighted by Gasteiger charge is 2.21. The van der Waals surface area contributed by atoms with Gasteiger partial charge in [-0.3, -0.25) is 0 Å². The standard InChI is InChI=1S/C58H35NO2S/c1-2-12-39-35-55-51(33-38(39)11-1)48-18-10-17-47(57(48)61-55)44-13-3-6-20-52(44)59(41-28-23-36(24-29-41)40-27-32-54-50(34-40)45-14-4-7-21-53(45)60-54)42-30-25-37(26-31-42)43-16-9-19-49-46-15-5-8-22-56(46)62-58(43)49/h1-35H. The van der Waals surface area contributed by atoms with Crippen LogP contribution in [0, 0.1) is 0 Å². The SMILES string of the molecule is c1ccc(N(c2ccc(-c3ccc4oc5ccccc5c4c3)cc2)c2ccc(-c3cccc4c3sc3ccccc34)cc2)c(-c2cccc3c2oc2cc4ccccc4cc23)c1. The molecule has 0 atom stereocenters. The second-order valence-corrected chi connectivity index (χ2v) is 17.1. The average molecular weight is 810 g/mol. The molecule has 3 heterocycles. The van der Waals surface area contributed by atoms with Crippen molar-refractivity contribution in [3.8, 4) is 33.4 Å². The zero-order valence-electron chi connectivity index (χ0n) is 33.4. The van der Waals surface area contributed by atoms with E-state index in [4.69, 9.17) is 8.83 Å². The van der Waals surface area contributed by atoms with Gasteiger partial charge in [-0.15, -0.1) is 11.3 Å². The second-order valence-electron chi connectivity index (χ2n) is 16.0. The van der Waals surface area contributed by atoms with Crippen molar-refractivity contribution < 1.29 is 8.83 Å². The van der Waals surface area contributed by atoms with Gasteiger partial charge in [0.15, 0.2) is 0 Å². The van der Waals surface area contributed by atoms with Gasteiger partial charge in [0.25, 0.3) is 0 Å². The van der Waals surface area contributed by atoms with E-state index in [1.807, 2.05) is 23.5 Å². The number of fused-ring (bicyclic) bond motifs is 10. The largest absolute Gasteiger partial charge is 0.456 e. The lowest BCUT2D eigenvalue weighted by Crippen LogP contribution is -2.11. The molecule has 0 saturated carbocycles. The summed E-state index contributed by atoms with van der Waals surface area (Å²) in [5, 5.41) is 9.46. The number of benzene rings is 10. The number of anilines is 3. The Bertz CT molecular complexity index is 3870. The molecule has 0 radical (unpaired) electrons. The maximum Gasteiger partial charge on any atom is 0.143 e. The van der Waals surface area contributed by atoms with E-state index >= 15 is 0 Å². The minimum Gasteiger partial charge on any atom is -0.456 e. The van der Waals surface area contributed by atoms with Crippen LogP contribution in [0.2, 0.25) is 0 Å². The molecule has 3 aromatic heterocycles. The predicted molar refractivity (Wildman–Crippen MR) is 262 cm³/mol. The second kappa shape index (κ2) is 13.8. The number of thiophene rings is 1. The minimum atomic E-state index is 0.884. The maximum absolute atomic E-state index is 6.81. The molecule has 0 aliphatic carbocycles. The summed E-state index contributed by atoms with van der Waals surface area (Å²) in [5.74, 6) is 0. The number of hydrogen-bond acceptors (Lipinski definition) is 4. The van der Waals surface area contributed by atoms with Crippen LogP contribution in [0.5, 0.6) is 0 Å². The first-order chi connectivity index (χ1) is 30.7. The molecule has 13 rings (SSSR count). The van der Waals surface area contributed by atoms with Crippen molar-refractivity contribution in [2.75, 3.05) is 4.90 Å². The molecule has 290 valence electrons. The van der Waals surface area contributed by atoms with Crippen LogP contribution >= 0.6 is 11.3 Å². The summed E-state index contributed by atoms with van der Waals surface area (Å²) in [4.78, 5) is 2.38. The fraction of sp³-hybridized carbons (Fsp3) is 0. The fourth-order valence-electron chi connectivity index (χ4n) is 9.49. The molecule has 4 heteroatoms. The first kappa shape index (κ1) is 34.9. The number of para-hydroxylation sites is 3. The predicted octanol–water partition coefficient (Wildman–Crippen LogP) is 17.5. The van der Waals surface area contributed by atoms with Crippen molar-refractivity contribution in [2.45, 2.75) is 0 Å². The summed E-state index contributed by atoms with van der Waals surface area (Å²) in [5.41, 5.74) is 13.6. The van der Waals surface area contributed by atoms with E-state index in [9.17, 15) is 0 Å². The van der Waals surface area contributed by atoms with Gasteiger partial charge in [-0.25, -0.2) is 0 Å². The van der Waals surface area contributed by atoms with Gasteiger partial charge in [-0.2, -0.15) is 0 Å². The lowest BCUT2D eigenvalue weighted by molar-refractivity contribution is 0.669. The smallest absolute Gasteiger partial charge is 0.143 e. The molecule has 0 fully saturated rings. The van der Waals surface area contributed by atoms with Gasteiger partial charge >= 0.3 is 0 Å². The molecular weight excluding hydrogens is 775 g/mol. The van der Waals surface area contributed by atoms with Gasteiger partial charge in [0.2, 0.25) is 0 Å². The molecule has 10 aromatic carbocycles. The van der Waals surface area contributed by atoms with E-state index in [0.29, 0.717) is 0 Å². The van der Waals surface area contributed by atoms with Crippen molar-refractivity contribution in [3.05, 3.63) is 212 Å². The van der Waals surface area contributed by atoms with Crippen molar-refractivity contribution in [1.29, 1.82) is 0 Å². The Morgan fingerprint density at radius 2 is 0.935 bits per heavy atom. The summed E-state index contributed by atoms with van der Waals surface area (Å²) in [6.07, 6.45) is 0. The molecule has 0 spiro atoms. The van der Waals surface area contributed by atoms with Gasteiger partial charge < -0.3 is 13.7 Å². The summed E-state index contributed by atoms with van der Waals surface area (Å²) in [7, 11) is 0. The van der Waals surface area contributed by atoms with Crippen LogP contribution in [0.3, 0.4) is 0 Å². The van der Waals surface area contributed by atoms with Crippen LogP contribution < -0.4 is 4.90 Å². The van der Waals surface area contributed by atoms with Crippen LogP contribution in [-0.4, -0.2) is 0 Å². The van der Waals surface area contributed by atoms with E-state index in [1.54, 1.807) is 0 Å². The highest BCUT2D eigenvalue weighted by atomic mass is 32.1. The Morgan fingerprint density at radius 3 is 1.77 bits per heavy atom. The minimum absolute atomic E-state index is 0.884. The van der Waals surface area contributed by atoms with Crippen LogP contribution in [-0.2, 0) is 0 Å². The Morgan fingerprint density at radius 1 is 0.339 bits per heavy atom. The molecule has 13 aromatic rings. The molecule has 0 amide bonds. The zero-order chi connectivity index (χ0) is 40.7. The van der Waals surface area contributed by atoms with Gasteiger partial charge in [-0.1, -0.05) is 146 Å². The van der Waals surface area contributed by atoms with E-state index in [0.717, 1.165) is 83.2 Å². The normalized spacial score (nSPS) is 11.9. The lowest BCUT2D eigenvalue weighted by Gasteiger charge is -2.28. The van der Waals surface area contributed by atoms with Crippen LogP contribution in [0.1, 0.15) is 0 Å². The van der Waals surface area contributed by atoms with Crippen LogP contribution in [0.4, 0.5) is 17.1 Å². The van der Waals surface area contributed by atoms with Crippen molar-refractivity contribution in [1.82, 2.24) is 0 Å². The Hall–Kier alpha value is -7.92. The quantitative estimate of drug-likeness (QED) is 0.168. The molecule has 0 bridgehead atoms. The third-order valence-electron chi connectivity index (χ3n) is 12.5. The number of nitrogens with zero attached hydrogens (tertiary/aromatic N) is 1. The Balaban J connectivity index is 0.965. The first-order valence-corrected chi connectivity index (χ1v) is 21.8. The van der Waals surface area contributed by atoms with Crippen LogP contribution in [0.15, 0.2) is 221 Å². The van der Waals surface area contributed by atoms with E-state index in [2.05, 4.69) is 205 Å². The Kier molecular flexibility index (Phi) is 7.78. The molecule has 62 heavy (non-hydrogen) atoms. The van der Waals surface area contributed by atoms with E-state index < -0.39 is 0 Å². The van der Waals surface area contributed by atoms with E-state index in [-0.39, 0.29) is 0 Å². The van der Waals surface area contributed by atoms with Gasteiger partial charge in [0, 0.05) is 64.2 Å². The van der Waals surface area contributed by atoms with E-state index in [1.165, 1.54) is 42.1 Å². The lowest BCUT2D eigenvalue weighted by atomic mass is 9.98. The van der Waals surface area contributed by atoms with Gasteiger partial charge in [0.1, 0.15) is 22.3 Å². The monoisotopic (exact) mass is 809 g/mol. The zero-order valence-corrected chi connectivity index (χ0v) is 34.2. The molecule has 0 aliphatic rings. The van der Waals surface area contributed by atoms with Crippen molar-refractivity contribution in [2.24, 2.45) is 0 Å². The van der Waals surface area contributed by atoms with Gasteiger partial charge in [0.05, 0.1) is 5.69 Å². The first-order valence-electron chi connectivity index (χ1n) is 21.0. The number of furan rings is 2. The summed E-state index contributed by atoms with van der Waals surface area (Å²) in [6.45, 7) is 0. The summed E-state index contributed by atoms with van der Waals surface area (Å²) in [6, 6.07) is 76.3. The Labute approximate surface area is 360 Å². The highest BCUT2D eigenvalue weighted by Crippen LogP contribution is 2.46. The maximum atomic E-state index is 6.81. The average Bonchev–Trinajstić information content (AvgIpc) is 4.02. The van der Waals surface area contributed by atoms with Crippen LogP contribution in [0.25, 0.3) is 108 Å². The molecule has 0 saturated heterocycles. The number of rotatable bonds is 6.